The first-order valence-electron chi connectivity index (χ1n) is 9.29. The van der Waals surface area contributed by atoms with E-state index in [9.17, 15) is 26.4 Å². The van der Waals surface area contributed by atoms with E-state index in [1.54, 1.807) is 0 Å². The van der Waals surface area contributed by atoms with Crippen molar-refractivity contribution < 1.29 is 26.4 Å². The standard InChI is InChI=1S/C20H20F3N3O3S/c21-20(22,23)17-8-4-6-15(12-17)14-24-25-19(27)16-7-5-9-18(13-16)30(28,29)26-10-2-1-3-11-26/h4-9,12-14H,1-3,10-11H2,(H,25,27). The topological polar surface area (TPSA) is 78.8 Å². The Morgan fingerprint density at radius 2 is 1.73 bits per heavy atom. The van der Waals surface area contributed by atoms with Gasteiger partial charge >= 0.3 is 6.18 Å². The van der Waals surface area contributed by atoms with Crippen molar-refractivity contribution in [3.05, 3.63) is 65.2 Å². The normalized spacial score (nSPS) is 16.0. The molecule has 1 heterocycles. The zero-order valence-corrected chi connectivity index (χ0v) is 16.7. The van der Waals surface area contributed by atoms with Crippen molar-refractivity contribution in [2.75, 3.05) is 13.1 Å². The summed E-state index contributed by atoms with van der Waals surface area (Å²) in [6, 6.07) is 10.1. The van der Waals surface area contributed by atoms with Gasteiger partial charge in [-0.25, -0.2) is 13.8 Å². The van der Waals surface area contributed by atoms with E-state index in [1.807, 2.05) is 0 Å². The van der Waals surface area contributed by atoms with Gasteiger partial charge in [0.15, 0.2) is 0 Å². The van der Waals surface area contributed by atoms with Crippen LogP contribution in [0, 0.1) is 0 Å². The molecule has 2 aromatic rings. The average Bonchev–Trinajstić information content (AvgIpc) is 2.74. The summed E-state index contributed by atoms with van der Waals surface area (Å²) in [5, 5.41) is 3.67. The van der Waals surface area contributed by atoms with E-state index >= 15 is 0 Å². The van der Waals surface area contributed by atoms with Crippen molar-refractivity contribution in [3.8, 4) is 0 Å². The molecule has 0 radical (unpaired) electrons. The molecule has 1 aliphatic rings. The first kappa shape index (κ1) is 22.0. The molecule has 2 aromatic carbocycles. The highest BCUT2D eigenvalue weighted by atomic mass is 32.2. The number of benzene rings is 2. The monoisotopic (exact) mass is 439 g/mol. The van der Waals surface area contributed by atoms with E-state index in [0.29, 0.717) is 13.1 Å². The van der Waals surface area contributed by atoms with Gasteiger partial charge in [-0.3, -0.25) is 4.79 Å². The van der Waals surface area contributed by atoms with Crippen molar-refractivity contribution in [2.24, 2.45) is 5.10 Å². The van der Waals surface area contributed by atoms with Gasteiger partial charge < -0.3 is 0 Å². The van der Waals surface area contributed by atoms with E-state index in [0.717, 1.165) is 37.6 Å². The van der Waals surface area contributed by atoms with E-state index in [2.05, 4.69) is 10.5 Å². The largest absolute Gasteiger partial charge is 0.416 e. The van der Waals surface area contributed by atoms with Gasteiger partial charge in [-0.15, -0.1) is 0 Å². The van der Waals surface area contributed by atoms with Crippen LogP contribution in [0.15, 0.2) is 58.5 Å². The van der Waals surface area contributed by atoms with E-state index in [1.165, 1.54) is 40.7 Å². The molecule has 0 spiro atoms. The molecule has 1 N–H and O–H groups in total. The van der Waals surface area contributed by atoms with Crippen LogP contribution >= 0.6 is 0 Å². The van der Waals surface area contributed by atoms with Gasteiger partial charge in [-0.2, -0.15) is 22.6 Å². The third-order valence-electron chi connectivity index (χ3n) is 4.64. The second-order valence-corrected chi connectivity index (χ2v) is 8.75. The third-order valence-corrected chi connectivity index (χ3v) is 6.54. The van der Waals surface area contributed by atoms with E-state index < -0.39 is 27.7 Å². The molecule has 0 saturated carbocycles. The number of alkyl halides is 3. The summed E-state index contributed by atoms with van der Waals surface area (Å²) >= 11 is 0. The molecule has 160 valence electrons. The average molecular weight is 439 g/mol. The lowest BCUT2D eigenvalue weighted by Gasteiger charge is -2.25. The fourth-order valence-corrected chi connectivity index (χ4v) is 4.64. The van der Waals surface area contributed by atoms with Gasteiger partial charge in [-0.05, 0) is 48.7 Å². The zero-order chi connectivity index (χ0) is 21.8. The number of carbonyl (C=O) groups is 1. The predicted molar refractivity (Wildman–Crippen MR) is 106 cm³/mol. The molecule has 0 unspecified atom stereocenters. The first-order chi connectivity index (χ1) is 14.2. The molecular weight excluding hydrogens is 419 g/mol. The Morgan fingerprint density at radius 1 is 1.03 bits per heavy atom. The molecule has 0 bridgehead atoms. The van der Waals surface area contributed by atoms with Crippen LogP contribution in [0.4, 0.5) is 13.2 Å². The van der Waals surface area contributed by atoms with Crippen LogP contribution in [0.1, 0.15) is 40.7 Å². The predicted octanol–water partition coefficient (Wildman–Crippen LogP) is 3.64. The molecule has 1 saturated heterocycles. The van der Waals surface area contributed by atoms with Crippen molar-refractivity contribution >= 4 is 22.1 Å². The smallest absolute Gasteiger partial charge is 0.267 e. The Balaban J connectivity index is 1.71. The number of amides is 1. The number of nitrogens with one attached hydrogen (secondary N) is 1. The number of carbonyl (C=O) groups excluding carboxylic acids is 1. The Morgan fingerprint density at radius 3 is 2.43 bits per heavy atom. The van der Waals surface area contributed by atoms with Gasteiger partial charge in [0.05, 0.1) is 16.7 Å². The van der Waals surface area contributed by atoms with Crippen LogP contribution in [0.5, 0.6) is 0 Å². The Hall–Kier alpha value is -2.72. The molecule has 6 nitrogen and oxygen atoms in total. The minimum atomic E-state index is -4.48. The molecule has 3 rings (SSSR count). The summed E-state index contributed by atoms with van der Waals surface area (Å²) in [4.78, 5) is 12.3. The van der Waals surface area contributed by atoms with Crippen LogP contribution in [0.2, 0.25) is 0 Å². The van der Waals surface area contributed by atoms with Gasteiger partial charge in [0, 0.05) is 18.7 Å². The first-order valence-corrected chi connectivity index (χ1v) is 10.7. The number of hydrazone groups is 1. The second kappa shape index (κ2) is 8.97. The maximum atomic E-state index is 12.7. The lowest BCUT2D eigenvalue weighted by Crippen LogP contribution is -2.35. The van der Waals surface area contributed by atoms with Gasteiger partial charge in [0.25, 0.3) is 5.91 Å². The molecule has 10 heteroatoms. The van der Waals surface area contributed by atoms with E-state index in [4.69, 9.17) is 0 Å². The molecule has 30 heavy (non-hydrogen) atoms. The molecule has 0 aromatic heterocycles. The van der Waals surface area contributed by atoms with Crippen LogP contribution in [0.3, 0.4) is 0 Å². The highest BCUT2D eigenvalue weighted by Crippen LogP contribution is 2.29. The summed E-state index contributed by atoms with van der Waals surface area (Å²) in [5.41, 5.74) is 1.62. The second-order valence-electron chi connectivity index (χ2n) is 6.81. The van der Waals surface area contributed by atoms with Crippen molar-refractivity contribution in [2.45, 2.75) is 30.3 Å². The minimum Gasteiger partial charge on any atom is -0.267 e. The molecule has 0 atom stereocenters. The number of rotatable bonds is 5. The lowest BCUT2D eigenvalue weighted by molar-refractivity contribution is -0.137. The Bertz CT molecular complexity index is 1050. The maximum absolute atomic E-state index is 12.7. The SMILES string of the molecule is O=C(NN=Cc1cccc(C(F)(F)F)c1)c1cccc(S(=O)(=O)N2CCCCC2)c1. The number of halogens is 3. The zero-order valence-electron chi connectivity index (χ0n) is 15.9. The third kappa shape index (κ3) is 5.25. The van der Waals surface area contributed by atoms with Crippen LogP contribution in [-0.4, -0.2) is 37.9 Å². The summed E-state index contributed by atoms with van der Waals surface area (Å²) in [7, 11) is -3.69. The molecule has 1 aliphatic heterocycles. The number of hydrogen-bond acceptors (Lipinski definition) is 4. The summed E-state index contributed by atoms with van der Waals surface area (Å²) < 4.78 is 65.1. The number of nitrogens with zero attached hydrogens (tertiary/aromatic N) is 2. The fraction of sp³-hybridized carbons (Fsp3) is 0.300. The van der Waals surface area contributed by atoms with Gasteiger partial charge in [0.1, 0.15) is 0 Å². The fourth-order valence-electron chi connectivity index (χ4n) is 3.08. The highest BCUT2D eigenvalue weighted by Gasteiger charge is 2.30. The number of piperidine rings is 1. The molecule has 1 amide bonds. The van der Waals surface area contributed by atoms with Gasteiger partial charge in [0.2, 0.25) is 10.0 Å². The quantitative estimate of drug-likeness (QED) is 0.571. The van der Waals surface area contributed by atoms with Crippen molar-refractivity contribution in [1.82, 2.24) is 9.73 Å². The Kier molecular flexibility index (Phi) is 6.57. The number of hydrogen-bond donors (Lipinski definition) is 1. The van der Waals surface area contributed by atoms with E-state index in [-0.39, 0.29) is 16.0 Å². The van der Waals surface area contributed by atoms with Crippen LogP contribution in [-0.2, 0) is 16.2 Å². The van der Waals surface area contributed by atoms with Crippen LogP contribution < -0.4 is 5.43 Å². The number of sulfonamides is 1. The lowest BCUT2D eigenvalue weighted by atomic mass is 10.1. The molecule has 1 fully saturated rings. The highest BCUT2D eigenvalue weighted by molar-refractivity contribution is 7.89. The van der Waals surface area contributed by atoms with Crippen LogP contribution in [0.25, 0.3) is 0 Å². The molecule has 0 aliphatic carbocycles. The minimum absolute atomic E-state index is 0.0129. The summed E-state index contributed by atoms with van der Waals surface area (Å²) in [6.45, 7) is 0.889. The maximum Gasteiger partial charge on any atom is 0.416 e. The molecular formula is C20H20F3N3O3S. The summed E-state index contributed by atoms with van der Waals surface area (Å²) in [5.74, 6) is -0.672. The van der Waals surface area contributed by atoms with Gasteiger partial charge in [-0.1, -0.05) is 24.6 Å². The van der Waals surface area contributed by atoms with Crippen molar-refractivity contribution in [1.29, 1.82) is 0 Å². The van der Waals surface area contributed by atoms with Crippen molar-refractivity contribution in [3.63, 3.8) is 0 Å². The Labute approximate surface area is 172 Å². The summed E-state index contributed by atoms with van der Waals surface area (Å²) in [6.07, 6.45) is -0.819.